The molecule has 1 heterocycles. The highest BCUT2D eigenvalue weighted by Gasteiger charge is 2.52. The van der Waals surface area contributed by atoms with Crippen LogP contribution < -0.4 is 0 Å². The first-order chi connectivity index (χ1) is 11.7. The zero-order valence-electron chi connectivity index (χ0n) is 13.1. The Hall–Kier alpha value is -2.27. The third-order valence-electron chi connectivity index (χ3n) is 3.96. The van der Waals surface area contributed by atoms with Gasteiger partial charge in [-0.15, -0.1) is 11.8 Å². The summed E-state index contributed by atoms with van der Waals surface area (Å²) in [6.07, 6.45) is 0.472. The summed E-state index contributed by atoms with van der Waals surface area (Å²) in [4.78, 5) is 16.5. The van der Waals surface area contributed by atoms with Crippen LogP contribution in [0.3, 0.4) is 0 Å². The summed E-state index contributed by atoms with van der Waals surface area (Å²) in [5, 5.41) is 3.53. The number of thioether (sulfide) groups is 1. The fourth-order valence-corrected chi connectivity index (χ4v) is 3.41. The Morgan fingerprint density at radius 3 is 2.54 bits per heavy atom. The van der Waals surface area contributed by atoms with E-state index in [4.69, 9.17) is 10.3 Å². The van der Waals surface area contributed by atoms with Gasteiger partial charge in [0.1, 0.15) is 0 Å². The van der Waals surface area contributed by atoms with E-state index in [1.165, 1.54) is 4.90 Å². The molecular weight excluding hydrogens is 322 g/mol. The third kappa shape index (κ3) is 3.79. The standard InChI is InChI=1S/C18H17N3O2S/c19-21-20-12-14-6-8-15(9-7-14)18(13-23-18)17(22)10-11-24-16-4-2-1-3-5-16/h1-9H,10-13H2. The maximum atomic E-state index is 12.6. The molecular formula is C18H17N3O2S. The van der Waals surface area contributed by atoms with E-state index in [-0.39, 0.29) is 5.78 Å². The minimum atomic E-state index is -0.770. The van der Waals surface area contributed by atoms with Crippen molar-refractivity contribution in [1.82, 2.24) is 0 Å². The number of carbonyl (C=O) groups excluding carboxylic acids is 1. The zero-order chi connectivity index (χ0) is 16.8. The molecule has 0 saturated carbocycles. The molecule has 5 nitrogen and oxygen atoms in total. The van der Waals surface area contributed by atoms with Crippen molar-refractivity contribution in [2.75, 3.05) is 12.4 Å². The molecule has 122 valence electrons. The molecule has 6 heteroatoms. The van der Waals surface area contributed by atoms with Crippen molar-refractivity contribution in [3.05, 3.63) is 76.2 Å². The smallest absolute Gasteiger partial charge is 0.174 e. The fraction of sp³-hybridized carbons (Fsp3) is 0.278. The van der Waals surface area contributed by atoms with E-state index < -0.39 is 5.60 Å². The second-order valence-electron chi connectivity index (χ2n) is 5.54. The molecule has 0 aromatic heterocycles. The Morgan fingerprint density at radius 2 is 1.92 bits per heavy atom. The van der Waals surface area contributed by atoms with E-state index >= 15 is 0 Å². The van der Waals surface area contributed by atoms with E-state index in [2.05, 4.69) is 10.0 Å². The lowest BCUT2D eigenvalue weighted by Gasteiger charge is -2.12. The second kappa shape index (κ2) is 7.53. The third-order valence-corrected chi connectivity index (χ3v) is 4.98. The molecule has 1 atom stereocenters. The number of hydrogen-bond donors (Lipinski definition) is 0. The lowest BCUT2D eigenvalue weighted by Crippen LogP contribution is -2.22. The summed E-state index contributed by atoms with van der Waals surface area (Å²) in [5.74, 6) is 0.858. The zero-order valence-corrected chi connectivity index (χ0v) is 13.9. The molecule has 0 amide bonds. The highest BCUT2D eigenvalue weighted by atomic mass is 32.2. The minimum absolute atomic E-state index is 0.119. The Labute approximate surface area is 144 Å². The van der Waals surface area contributed by atoms with Crippen LogP contribution >= 0.6 is 11.8 Å². The number of rotatable bonds is 8. The number of Topliss-reactive ketones (excluding diaryl/α,β-unsaturated/α-hetero) is 1. The summed E-state index contributed by atoms with van der Waals surface area (Å²) in [5.41, 5.74) is 9.37. The molecule has 0 spiro atoms. The number of azide groups is 1. The Morgan fingerprint density at radius 1 is 1.21 bits per heavy atom. The molecule has 1 unspecified atom stereocenters. The van der Waals surface area contributed by atoms with Gasteiger partial charge < -0.3 is 4.74 Å². The van der Waals surface area contributed by atoms with Crippen molar-refractivity contribution in [3.8, 4) is 0 Å². The monoisotopic (exact) mass is 339 g/mol. The van der Waals surface area contributed by atoms with Crippen LogP contribution in [0.2, 0.25) is 0 Å². The van der Waals surface area contributed by atoms with E-state index in [1.807, 2.05) is 54.6 Å². The van der Waals surface area contributed by atoms with E-state index in [1.54, 1.807) is 11.8 Å². The molecule has 1 fully saturated rings. The first kappa shape index (κ1) is 16.6. The molecule has 0 radical (unpaired) electrons. The van der Waals surface area contributed by atoms with Crippen molar-refractivity contribution in [3.63, 3.8) is 0 Å². The number of hydrogen-bond acceptors (Lipinski definition) is 4. The summed E-state index contributed by atoms with van der Waals surface area (Å²) < 4.78 is 5.53. The summed E-state index contributed by atoms with van der Waals surface area (Å²) >= 11 is 1.68. The lowest BCUT2D eigenvalue weighted by atomic mass is 9.93. The first-order valence-electron chi connectivity index (χ1n) is 7.70. The van der Waals surface area contributed by atoms with Crippen LogP contribution in [0.25, 0.3) is 10.4 Å². The van der Waals surface area contributed by atoms with Gasteiger partial charge in [0, 0.05) is 22.0 Å². The number of ether oxygens (including phenoxy) is 1. The SMILES string of the molecule is [N-]=[N+]=NCc1ccc(C2(C(=O)CCSc3ccccc3)CO2)cc1. The second-order valence-corrected chi connectivity index (χ2v) is 6.70. The van der Waals surface area contributed by atoms with Crippen LogP contribution in [-0.2, 0) is 21.7 Å². The van der Waals surface area contributed by atoms with Gasteiger partial charge in [-0.05, 0) is 28.8 Å². The number of ketones is 1. The predicted molar refractivity (Wildman–Crippen MR) is 93.7 cm³/mol. The Balaban J connectivity index is 1.58. The van der Waals surface area contributed by atoms with E-state index in [0.717, 1.165) is 16.9 Å². The van der Waals surface area contributed by atoms with Gasteiger partial charge in [-0.2, -0.15) is 0 Å². The number of epoxide rings is 1. The van der Waals surface area contributed by atoms with Gasteiger partial charge in [0.25, 0.3) is 0 Å². The van der Waals surface area contributed by atoms with Crippen LogP contribution in [0.4, 0.5) is 0 Å². The number of benzene rings is 2. The summed E-state index contributed by atoms with van der Waals surface area (Å²) in [6.45, 7) is 0.754. The van der Waals surface area contributed by atoms with Gasteiger partial charge in [-0.25, -0.2) is 0 Å². The molecule has 0 aliphatic carbocycles. The Bertz CT molecular complexity index is 752. The molecule has 2 aromatic carbocycles. The average Bonchev–Trinajstić information content (AvgIpc) is 3.43. The lowest BCUT2D eigenvalue weighted by molar-refractivity contribution is -0.124. The predicted octanol–water partition coefficient (Wildman–Crippen LogP) is 4.47. The molecule has 1 aliphatic heterocycles. The van der Waals surface area contributed by atoms with Gasteiger partial charge in [-0.1, -0.05) is 47.6 Å². The van der Waals surface area contributed by atoms with Gasteiger partial charge in [0.05, 0.1) is 13.2 Å². The van der Waals surface area contributed by atoms with Crippen LogP contribution in [0.5, 0.6) is 0 Å². The van der Waals surface area contributed by atoms with Crippen LogP contribution in [0.1, 0.15) is 17.5 Å². The topological polar surface area (TPSA) is 78.4 Å². The molecule has 1 aliphatic rings. The summed E-state index contributed by atoms with van der Waals surface area (Å²) in [6, 6.07) is 17.6. The normalized spacial score (nSPS) is 18.7. The van der Waals surface area contributed by atoms with Gasteiger partial charge in [0.2, 0.25) is 0 Å². The quantitative estimate of drug-likeness (QED) is 0.234. The molecule has 0 N–H and O–H groups in total. The molecule has 1 saturated heterocycles. The Kier molecular flexibility index (Phi) is 5.20. The van der Waals surface area contributed by atoms with Crippen LogP contribution in [-0.4, -0.2) is 18.1 Å². The van der Waals surface area contributed by atoms with E-state index in [9.17, 15) is 4.79 Å². The van der Waals surface area contributed by atoms with E-state index in [0.29, 0.717) is 19.6 Å². The van der Waals surface area contributed by atoms with Crippen molar-refractivity contribution in [1.29, 1.82) is 0 Å². The molecule has 3 rings (SSSR count). The average molecular weight is 339 g/mol. The molecule has 24 heavy (non-hydrogen) atoms. The van der Waals surface area contributed by atoms with Gasteiger partial charge in [-0.3, -0.25) is 4.79 Å². The van der Waals surface area contributed by atoms with Crippen molar-refractivity contribution >= 4 is 17.5 Å². The van der Waals surface area contributed by atoms with Crippen LogP contribution in [0, 0.1) is 0 Å². The fourth-order valence-electron chi connectivity index (χ4n) is 2.53. The van der Waals surface area contributed by atoms with Crippen molar-refractivity contribution < 1.29 is 9.53 Å². The maximum absolute atomic E-state index is 12.6. The highest BCUT2D eigenvalue weighted by molar-refractivity contribution is 7.99. The molecule has 2 aromatic rings. The maximum Gasteiger partial charge on any atom is 0.174 e. The van der Waals surface area contributed by atoms with Crippen molar-refractivity contribution in [2.45, 2.75) is 23.5 Å². The summed E-state index contributed by atoms with van der Waals surface area (Å²) in [7, 11) is 0. The van der Waals surface area contributed by atoms with Crippen molar-refractivity contribution in [2.24, 2.45) is 5.11 Å². The highest BCUT2D eigenvalue weighted by Crippen LogP contribution is 2.41. The number of carbonyl (C=O) groups is 1. The van der Waals surface area contributed by atoms with Crippen LogP contribution in [0.15, 0.2) is 64.6 Å². The number of nitrogens with zero attached hydrogens (tertiary/aromatic N) is 3. The van der Waals surface area contributed by atoms with Gasteiger partial charge >= 0.3 is 0 Å². The molecule has 0 bridgehead atoms. The largest absolute Gasteiger partial charge is 0.356 e. The first-order valence-corrected chi connectivity index (χ1v) is 8.68. The minimum Gasteiger partial charge on any atom is -0.356 e. The van der Waals surface area contributed by atoms with Gasteiger partial charge in [0.15, 0.2) is 11.4 Å².